The summed E-state index contributed by atoms with van der Waals surface area (Å²) in [6.45, 7) is 10.9. The second-order valence-electron chi connectivity index (χ2n) is 9.22. The molecule has 1 aromatic carbocycles. The highest BCUT2D eigenvalue weighted by molar-refractivity contribution is 5.95. The predicted molar refractivity (Wildman–Crippen MR) is 119 cm³/mol. The zero-order valence-electron chi connectivity index (χ0n) is 18.0. The largest absolute Gasteiger partial charge is 0.370 e. The Morgan fingerprint density at radius 1 is 1.17 bits per heavy atom. The maximum Gasteiger partial charge on any atom is 0.101 e. The van der Waals surface area contributed by atoms with E-state index in [2.05, 4.69) is 51.7 Å². The van der Waals surface area contributed by atoms with Gasteiger partial charge >= 0.3 is 0 Å². The normalized spacial score (nSPS) is 28.6. The Morgan fingerprint density at radius 3 is 2.80 bits per heavy atom. The van der Waals surface area contributed by atoms with E-state index in [-0.39, 0.29) is 12.2 Å². The highest BCUT2D eigenvalue weighted by Gasteiger charge is 2.38. The van der Waals surface area contributed by atoms with Crippen molar-refractivity contribution >= 4 is 16.6 Å². The summed E-state index contributed by atoms with van der Waals surface area (Å²) in [5.41, 5.74) is 2.58. The van der Waals surface area contributed by atoms with Crippen LogP contribution >= 0.6 is 0 Å². The van der Waals surface area contributed by atoms with Crippen LogP contribution in [0.25, 0.3) is 10.9 Å². The molecule has 6 heteroatoms. The van der Waals surface area contributed by atoms with Crippen molar-refractivity contribution in [3.8, 4) is 6.07 Å². The average Bonchev–Trinajstić information content (AvgIpc) is 3.14. The minimum absolute atomic E-state index is 0.182. The minimum Gasteiger partial charge on any atom is -0.370 e. The summed E-state index contributed by atoms with van der Waals surface area (Å²) in [7, 11) is 0. The average molecular weight is 406 g/mol. The van der Waals surface area contributed by atoms with Gasteiger partial charge in [-0.1, -0.05) is 0 Å². The third-order valence-corrected chi connectivity index (χ3v) is 7.01. The number of pyridine rings is 1. The lowest BCUT2D eigenvalue weighted by Crippen LogP contribution is -2.62. The Kier molecular flexibility index (Phi) is 5.36. The van der Waals surface area contributed by atoms with Crippen LogP contribution in [0.2, 0.25) is 0 Å². The zero-order valence-corrected chi connectivity index (χ0v) is 18.0. The van der Waals surface area contributed by atoms with Crippen molar-refractivity contribution in [2.45, 2.75) is 51.0 Å². The fourth-order valence-corrected chi connectivity index (χ4v) is 5.55. The van der Waals surface area contributed by atoms with Crippen LogP contribution in [-0.4, -0.2) is 78.3 Å². The van der Waals surface area contributed by atoms with E-state index < -0.39 is 0 Å². The monoisotopic (exact) mass is 405 g/mol. The summed E-state index contributed by atoms with van der Waals surface area (Å²) < 4.78 is 6.32. The van der Waals surface area contributed by atoms with Gasteiger partial charge in [0.25, 0.3) is 0 Å². The number of hydrogen-bond acceptors (Lipinski definition) is 6. The molecule has 3 fully saturated rings. The fourth-order valence-electron chi connectivity index (χ4n) is 5.55. The van der Waals surface area contributed by atoms with Gasteiger partial charge in [0.1, 0.15) is 6.07 Å². The predicted octanol–water partition coefficient (Wildman–Crippen LogP) is 2.87. The Hall–Kier alpha value is -2.20. The van der Waals surface area contributed by atoms with Gasteiger partial charge in [-0.3, -0.25) is 14.8 Å². The molecule has 0 N–H and O–H groups in total. The molecule has 2 aromatic rings. The highest BCUT2D eigenvalue weighted by Crippen LogP contribution is 2.31. The van der Waals surface area contributed by atoms with Gasteiger partial charge in [0, 0.05) is 62.1 Å². The molecule has 6 nitrogen and oxygen atoms in total. The number of anilines is 1. The Bertz CT molecular complexity index is 950. The standard InChI is InChI=1S/C24H31N5O/c1-17-5-4-10-29(17)20-13-27(14-20)15-21-16-28(12-18(2)30-21)23-8-7-19(11-25)24-22(23)6-3-9-26-24/h3,6-9,17-18,20-21H,4-5,10,12-16H2,1-2H3/t17-,18+,21-/m0/s1. The first kappa shape index (κ1) is 19.7. The van der Waals surface area contributed by atoms with Crippen LogP contribution in [0, 0.1) is 11.3 Å². The van der Waals surface area contributed by atoms with E-state index in [4.69, 9.17) is 4.74 Å². The highest BCUT2D eigenvalue weighted by atomic mass is 16.5. The molecular formula is C24H31N5O. The molecule has 3 aliphatic heterocycles. The molecule has 3 atom stereocenters. The summed E-state index contributed by atoms with van der Waals surface area (Å²) in [5, 5.41) is 10.5. The summed E-state index contributed by atoms with van der Waals surface area (Å²) in [5.74, 6) is 0. The molecule has 1 aromatic heterocycles. The molecule has 158 valence electrons. The van der Waals surface area contributed by atoms with Crippen molar-refractivity contribution in [1.29, 1.82) is 5.26 Å². The number of morpholine rings is 1. The van der Waals surface area contributed by atoms with Crippen molar-refractivity contribution < 1.29 is 4.74 Å². The van der Waals surface area contributed by atoms with Crippen LogP contribution in [0.4, 0.5) is 5.69 Å². The molecule has 3 aliphatic rings. The van der Waals surface area contributed by atoms with Crippen LogP contribution in [0.15, 0.2) is 30.5 Å². The van der Waals surface area contributed by atoms with Gasteiger partial charge in [0.05, 0.1) is 23.3 Å². The van der Waals surface area contributed by atoms with E-state index >= 15 is 0 Å². The third-order valence-electron chi connectivity index (χ3n) is 7.01. The van der Waals surface area contributed by atoms with E-state index in [1.807, 2.05) is 12.1 Å². The number of likely N-dealkylation sites (tertiary alicyclic amines) is 2. The van der Waals surface area contributed by atoms with Crippen molar-refractivity contribution in [2.75, 3.05) is 44.2 Å². The number of hydrogen-bond donors (Lipinski definition) is 0. The van der Waals surface area contributed by atoms with Crippen LogP contribution in [0.5, 0.6) is 0 Å². The van der Waals surface area contributed by atoms with Crippen molar-refractivity contribution in [2.24, 2.45) is 0 Å². The summed E-state index contributed by atoms with van der Waals surface area (Å²) >= 11 is 0. The van der Waals surface area contributed by atoms with Gasteiger partial charge in [-0.2, -0.15) is 5.26 Å². The first-order valence-electron chi connectivity index (χ1n) is 11.3. The van der Waals surface area contributed by atoms with E-state index in [9.17, 15) is 5.26 Å². The molecule has 0 saturated carbocycles. The Morgan fingerprint density at radius 2 is 2.03 bits per heavy atom. The van der Waals surface area contributed by atoms with Gasteiger partial charge in [-0.25, -0.2) is 0 Å². The molecular weight excluding hydrogens is 374 g/mol. The van der Waals surface area contributed by atoms with Gasteiger partial charge in [0.15, 0.2) is 0 Å². The molecule has 3 saturated heterocycles. The van der Waals surface area contributed by atoms with Crippen molar-refractivity contribution in [3.63, 3.8) is 0 Å². The molecule has 0 aliphatic carbocycles. The number of aromatic nitrogens is 1. The van der Waals surface area contributed by atoms with E-state index in [0.717, 1.165) is 48.3 Å². The van der Waals surface area contributed by atoms with E-state index in [1.165, 1.54) is 32.5 Å². The topological polar surface area (TPSA) is 55.6 Å². The summed E-state index contributed by atoms with van der Waals surface area (Å²) in [6.07, 6.45) is 4.85. The smallest absolute Gasteiger partial charge is 0.101 e. The van der Waals surface area contributed by atoms with Crippen molar-refractivity contribution in [1.82, 2.24) is 14.8 Å². The van der Waals surface area contributed by atoms with E-state index in [0.29, 0.717) is 5.56 Å². The Balaban J connectivity index is 1.27. The number of nitriles is 1. The molecule has 4 heterocycles. The fraction of sp³-hybridized carbons (Fsp3) is 0.583. The number of fused-ring (bicyclic) bond motifs is 1. The molecule has 0 unspecified atom stereocenters. The minimum atomic E-state index is 0.182. The van der Waals surface area contributed by atoms with Crippen molar-refractivity contribution in [3.05, 3.63) is 36.0 Å². The Labute approximate surface area is 179 Å². The maximum absolute atomic E-state index is 9.44. The molecule has 0 amide bonds. The second-order valence-corrected chi connectivity index (χ2v) is 9.22. The first-order valence-corrected chi connectivity index (χ1v) is 11.3. The van der Waals surface area contributed by atoms with Crippen LogP contribution in [0.1, 0.15) is 32.3 Å². The molecule has 0 radical (unpaired) electrons. The lowest BCUT2D eigenvalue weighted by molar-refractivity contribution is -0.0579. The van der Waals surface area contributed by atoms with Crippen LogP contribution in [-0.2, 0) is 4.74 Å². The lowest BCUT2D eigenvalue weighted by Gasteiger charge is -2.48. The summed E-state index contributed by atoms with van der Waals surface area (Å²) in [4.78, 5) is 12.1. The van der Waals surface area contributed by atoms with Gasteiger partial charge in [-0.15, -0.1) is 0 Å². The molecule has 5 rings (SSSR count). The molecule has 0 spiro atoms. The SMILES string of the molecule is C[C@@H]1CN(c2ccc(C#N)c3ncccc23)C[C@H](CN2CC(N3CCC[C@@H]3C)C2)O1. The van der Waals surface area contributed by atoms with E-state index in [1.54, 1.807) is 6.20 Å². The summed E-state index contributed by atoms with van der Waals surface area (Å²) in [6, 6.07) is 11.8. The number of rotatable bonds is 4. The number of benzene rings is 1. The van der Waals surface area contributed by atoms with Gasteiger partial charge in [-0.05, 0) is 57.5 Å². The zero-order chi connectivity index (χ0) is 20.7. The third kappa shape index (κ3) is 3.66. The quantitative estimate of drug-likeness (QED) is 0.780. The second kappa shape index (κ2) is 8.14. The first-order chi connectivity index (χ1) is 14.6. The number of nitrogens with zero attached hydrogens (tertiary/aromatic N) is 5. The molecule has 0 bridgehead atoms. The van der Waals surface area contributed by atoms with Crippen LogP contribution < -0.4 is 4.90 Å². The number of ether oxygens (including phenoxy) is 1. The van der Waals surface area contributed by atoms with Gasteiger partial charge in [0.2, 0.25) is 0 Å². The molecule has 30 heavy (non-hydrogen) atoms. The van der Waals surface area contributed by atoms with Gasteiger partial charge < -0.3 is 9.64 Å². The lowest BCUT2D eigenvalue weighted by atomic mass is 10.0. The maximum atomic E-state index is 9.44. The van der Waals surface area contributed by atoms with Crippen LogP contribution in [0.3, 0.4) is 0 Å².